The summed E-state index contributed by atoms with van der Waals surface area (Å²) < 4.78 is 13.0. The Kier molecular flexibility index (Phi) is 6.74. The number of hydrogen-bond acceptors (Lipinski definition) is 7. The van der Waals surface area contributed by atoms with E-state index in [4.69, 9.17) is 32.7 Å². The molecular formula is C22H17Cl2N3O4S. The second-order valence-electron chi connectivity index (χ2n) is 6.81. The summed E-state index contributed by atoms with van der Waals surface area (Å²) in [5.74, 6) is 0.879. The van der Waals surface area contributed by atoms with Crippen LogP contribution in [0, 0.1) is 4.91 Å². The standard InChI is InChI=1S/C22H17Cl2N3O4S/c1-30-19-8-16(6-7-18(19)31-11-15(10-23)26-29)27-12-25-17-9-20(32-21(17)22(27)28)13-2-4-14(24)5-3-13/h2-9,12,15H,10-11H2,1H3. The van der Waals surface area contributed by atoms with E-state index in [9.17, 15) is 9.70 Å². The highest BCUT2D eigenvalue weighted by Crippen LogP contribution is 2.33. The van der Waals surface area contributed by atoms with Crippen LogP contribution in [0.2, 0.25) is 5.02 Å². The molecule has 1 unspecified atom stereocenters. The Hall–Kier alpha value is -2.94. The minimum Gasteiger partial charge on any atom is -0.493 e. The number of hydrogen-bond donors (Lipinski definition) is 0. The van der Waals surface area contributed by atoms with E-state index >= 15 is 0 Å². The van der Waals surface area contributed by atoms with E-state index in [-0.39, 0.29) is 18.0 Å². The van der Waals surface area contributed by atoms with Crippen LogP contribution in [-0.4, -0.2) is 35.2 Å². The van der Waals surface area contributed by atoms with Crippen molar-refractivity contribution in [2.75, 3.05) is 19.6 Å². The van der Waals surface area contributed by atoms with Crippen molar-refractivity contribution >= 4 is 44.8 Å². The van der Waals surface area contributed by atoms with Crippen molar-refractivity contribution in [1.82, 2.24) is 9.55 Å². The maximum absolute atomic E-state index is 13.2. The van der Waals surface area contributed by atoms with E-state index in [1.165, 1.54) is 29.3 Å². The van der Waals surface area contributed by atoms with Gasteiger partial charge in [-0.2, -0.15) is 4.91 Å². The van der Waals surface area contributed by atoms with Crippen LogP contribution in [0.15, 0.2) is 64.8 Å². The fourth-order valence-corrected chi connectivity index (χ4v) is 4.38. The van der Waals surface area contributed by atoms with Gasteiger partial charge in [-0.1, -0.05) is 28.9 Å². The van der Waals surface area contributed by atoms with Crippen molar-refractivity contribution in [1.29, 1.82) is 0 Å². The Morgan fingerprint density at radius 2 is 1.94 bits per heavy atom. The molecule has 0 aliphatic rings. The maximum Gasteiger partial charge on any atom is 0.275 e. The molecule has 10 heteroatoms. The van der Waals surface area contributed by atoms with Crippen LogP contribution >= 0.6 is 34.5 Å². The number of benzene rings is 2. The normalized spacial score (nSPS) is 12.0. The van der Waals surface area contributed by atoms with Gasteiger partial charge in [0.1, 0.15) is 23.7 Å². The van der Waals surface area contributed by atoms with E-state index in [2.05, 4.69) is 10.2 Å². The molecule has 4 rings (SSSR count). The lowest BCUT2D eigenvalue weighted by Crippen LogP contribution is -2.18. The van der Waals surface area contributed by atoms with Crippen molar-refractivity contribution in [3.8, 4) is 27.6 Å². The number of rotatable bonds is 8. The van der Waals surface area contributed by atoms with Gasteiger partial charge in [0.15, 0.2) is 11.5 Å². The molecule has 32 heavy (non-hydrogen) atoms. The van der Waals surface area contributed by atoms with E-state index in [0.717, 1.165) is 10.4 Å². The van der Waals surface area contributed by atoms with Crippen LogP contribution in [0.4, 0.5) is 0 Å². The molecule has 4 aromatic rings. The summed E-state index contributed by atoms with van der Waals surface area (Å²) in [5, 5.41) is 3.55. The SMILES string of the molecule is COc1cc(-n2cnc3cc(-c4ccc(Cl)cc4)sc3c2=O)ccc1OCC(CCl)N=O. The minimum atomic E-state index is -0.663. The van der Waals surface area contributed by atoms with Gasteiger partial charge in [-0.05, 0) is 35.9 Å². The first-order valence-electron chi connectivity index (χ1n) is 9.51. The number of aromatic nitrogens is 2. The third-order valence-electron chi connectivity index (χ3n) is 4.75. The lowest BCUT2D eigenvalue weighted by molar-refractivity contribution is 0.279. The molecule has 2 aromatic carbocycles. The molecule has 7 nitrogen and oxygen atoms in total. The summed E-state index contributed by atoms with van der Waals surface area (Å²) in [4.78, 5) is 29.3. The fraction of sp³-hybridized carbons (Fsp3) is 0.182. The Morgan fingerprint density at radius 3 is 2.62 bits per heavy atom. The third-order valence-corrected chi connectivity index (χ3v) is 6.52. The minimum absolute atomic E-state index is 0.0266. The predicted octanol–water partition coefficient (Wildman–Crippen LogP) is 5.53. The van der Waals surface area contributed by atoms with Crippen LogP contribution in [0.5, 0.6) is 11.5 Å². The van der Waals surface area contributed by atoms with Crippen molar-refractivity contribution in [2.24, 2.45) is 5.18 Å². The molecule has 0 saturated heterocycles. The molecule has 0 saturated carbocycles. The number of halogens is 2. The molecule has 0 bridgehead atoms. The van der Waals surface area contributed by atoms with Crippen LogP contribution in [0.3, 0.4) is 0 Å². The molecule has 2 heterocycles. The number of thiophene rings is 1. The smallest absolute Gasteiger partial charge is 0.275 e. The summed E-state index contributed by atoms with van der Waals surface area (Å²) >= 11 is 13.0. The molecule has 0 amide bonds. The summed E-state index contributed by atoms with van der Waals surface area (Å²) in [5.41, 5.74) is 1.97. The number of nitrogens with zero attached hydrogens (tertiary/aromatic N) is 3. The maximum atomic E-state index is 13.2. The van der Waals surface area contributed by atoms with Gasteiger partial charge in [0.25, 0.3) is 5.56 Å². The topological polar surface area (TPSA) is 82.8 Å². The zero-order valence-electron chi connectivity index (χ0n) is 16.8. The van der Waals surface area contributed by atoms with E-state index in [1.54, 1.807) is 18.2 Å². The largest absolute Gasteiger partial charge is 0.493 e. The Morgan fingerprint density at radius 1 is 1.16 bits per heavy atom. The van der Waals surface area contributed by atoms with Gasteiger partial charge in [-0.25, -0.2) is 4.98 Å². The molecule has 0 fully saturated rings. The quantitative estimate of drug-likeness (QED) is 0.240. The first-order chi connectivity index (χ1) is 15.5. The Balaban J connectivity index is 1.68. The average molecular weight is 490 g/mol. The first kappa shape index (κ1) is 22.3. The number of nitroso groups, excluding NO2 is 1. The second kappa shape index (κ2) is 9.68. The summed E-state index contributed by atoms with van der Waals surface area (Å²) in [7, 11) is 1.49. The lowest BCUT2D eigenvalue weighted by atomic mass is 10.2. The highest BCUT2D eigenvalue weighted by molar-refractivity contribution is 7.22. The molecule has 1 atom stereocenters. The highest BCUT2D eigenvalue weighted by atomic mass is 35.5. The van der Waals surface area contributed by atoms with Gasteiger partial charge in [0, 0.05) is 16.0 Å². The molecule has 0 radical (unpaired) electrons. The second-order valence-corrected chi connectivity index (χ2v) is 8.61. The van der Waals surface area contributed by atoms with E-state index in [1.807, 2.05) is 30.3 Å². The number of methoxy groups -OCH3 is 1. The first-order valence-corrected chi connectivity index (χ1v) is 11.2. The molecule has 0 aliphatic carbocycles. The van der Waals surface area contributed by atoms with Crippen LogP contribution in [0.25, 0.3) is 26.3 Å². The summed E-state index contributed by atoms with van der Waals surface area (Å²) in [6.07, 6.45) is 1.48. The van der Waals surface area contributed by atoms with Crippen molar-refractivity contribution in [2.45, 2.75) is 6.04 Å². The van der Waals surface area contributed by atoms with Gasteiger partial charge in [-0.3, -0.25) is 9.36 Å². The molecule has 164 valence electrons. The van der Waals surface area contributed by atoms with Gasteiger partial charge in [-0.15, -0.1) is 22.9 Å². The average Bonchev–Trinajstić information content (AvgIpc) is 3.26. The predicted molar refractivity (Wildman–Crippen MR) is 128 cm³/mol. The van der Waals surface area contributed by atoms with Gasteiger partial charge < -0.3 is 9.47 Å². The van der Waals surface area contributed by atoms with E-state index in [0.29, 0.717) is 32.4 Å². The summed E-state index contributed by atoms with van der Waals surface area (Å²) in [6.45, 7) is 0.0266. The molecule has 2 aromatic heterocycles. The summed E-state index contributed by atoms with van der Waals surface area (Å²) in [6, 6.07) is 13.7. The van der Waals surface area contributed by atoms with Crippen LogP contribution in [-0.2, 0) is 0 Å². The Bertz CT molecular complexity index is 1320. The van der Waals surface area contributed by atoms with Crippen molar-refractivity contribution in [3.05, 3.63) is 75.1 Å². The zero-order chi connectivity index (χ0) is 22.7. The highest BCUT2D eigenvalue weighted by Gasteiger charge is 2.15. The lowest BCUT2D eigenvalue weighted by Gasteiger charge is -2.14. The van der Waals surface area contributed by atoms with Crippen LogP contribution < -0.4 is 15.0 Å². The van der Waals surface area contributed by atoms with Crippen LogP contribution in [0.1, 0.15) is 0 Å². The van der Waals surface area contributed by atoms with Gasteiger partial charge >= 0.3 is 0 Å². The molecular weight excluding hydrogens is 473 g/mol. The van der Waals surface area contributed by atoms with Gasteiger partial charge in [0.05, 0.1) is 24.2 Å². The molecule has 0 aliphatic heterocycles. The number of fused-ring (bicyclic) bond motifs is 1. The number of alkyl halides is 1. The van der Waals surface area contributed by atoms with Crippen molar-refractivity contribution in [3.63, 3.8) is 0 Å². The fourth-order valence-electron chi connectivity index (χ4n) is 3.07. The monoisotopic (exact) mass is 489 g/mol. The van der Waals surface area contributed by atoms with E-state index < -0.39 is 6.04 Å². The zero-order valence-corrected chi connectivity index (χ0v) is 19.2. The third kappa shape index (κ3) is 4.48. The molecule has 0 spiro atoms. The van der Waals surface area contributed by atoms with Gasteiger partial charge in [0.2, 0.25) is 0 Å². The molecule has 0 N–H and O–H groups in total. The Labute approximate surface area is 197 Å². The van der Waals surface area contributed by atoms with Crippen molar-refractivity contribution < 1.29 is 9.47 Å². The number of ether oxygens (including phenoxy) is 2.